The van der Waals surface area contributed by atoms with Crippen molar-refractivity contribution in [2.75, 3.05) is 0 Å². The monoisotopic (exact) mass is 366 g/mol. The molecule has 1 aromatic carbocycles. The Labute approximate surface area is 133 Å². The average molecular weight is 368 g/mol. The van der Waals surface area contributed by atoms with E-state index in [1.807, 2.05) is 0 Å². The second kappa shape index (κ2) is 5.20. The summed E-state index contributed by atoms with van der Waals surface area (Å²) in [6.45, 7) is 0. The SMILES string of the molecule is O=C1c2cccc(Cl)c2CC1c1ncc(Br)cc1[N+](=O)[O-]. The Hall–Kier alpha value is -1.79. The number of rotatable bonds is 2. The molecule has 0 fully saturated rings. The van der Waals surface area contributed by atoms with E-state index in [1.165, 1.54) is 12.3 Å². The van der Waals surface area contributed by atoms with E-state index in [2.05, 4.69) is 20.9 Å². The predicted molar refractivity (Wildman–Crippen MR) is 80.8 cm³/mol. The molecule has 1 aliphatic rings. The number of hydrogen-bond donors (Lipinski definition) is 0. The number of aromatic nitrogens is 1. The van der Waals surface area contributed by atoms with Crippen molar-refractivity contribution in [3.8, 4) is 0 Å². The molecule has 0 N–H and O–H groups in total. The molecular formula is C14H8BrClN2O3. The van der Waals surface area contributed by atoms with Crippen LogP contribution < -0.4 is 0 Å². The van der Waals surface area contributed by atoms with Crippen molar-refractivity contribution in [3.05, 3.63) is 66.9 Å². The van der Waals surface area contributed by atoms with E-state index in [0.29, 0.717) is 21.5 Å². The van der Waals surface area contributed by atoms with Crippen molar-refractivity contribution in [3.63, 3.8) is 0 Å². The average Bonchev–Trinajstić information content (AvgIpc) is 2.78. The molecule has 5 nitrogen and oxygen atoms in total. The van der Waals surface area contributed by atoms with Crippen molar-refractivity contribution in [2.24, 2.45) is 0 Å². The van der Waals surface area contributed by atoms with Gasteiger partial charge in [0.15, 0.2) is 5.78 Å². The van der Waals surface area contributed by atoms with Crippen LogP contribution in [0.15, 0.2) is 34.9 Å². The fourth-order valence-electron chi connectivity index (χ4n) is 2.56. The first kappa shape index (κ1) is 14.2. The molecule has 3 rings (SSSR count). The minimum Gasteiger partial charge on any atom is -0.293 e. The van der Waals surface area contributed by atoms with Gasteiger partial charge in [0.05, 0.1) is 10.8 Å². The van der Waals surface area contributed by atoms with Gasteiger partial charge < -0.3 is 0 Å². The van der Waals surface area contributed by atoms with E-state index in [0.717, 1.165) is 5.56 Å². The molecule has 21 heavy (non-hydrogen) atoms. The number of benzene rings is 1. The number of nitrogens with zero attached hydrogens (tertiary/aromatic N) is 2. The van der Waals surface area contributed by atoms with Gasteiger partial charge in [-0.2, -0.15) is 0 Å². The molecule has 1 atom stereocenters. The summed E-state index contributed by atoms with van der Waals surface area (Å²) in [7, 11) is 0. The van der Waals surface area contributed by atoms with Crippen LogP contribution in [0.1, 0.15) is 27.5 Å². The Balaban J connectivity index is 2.11. The van der Waals surface area contributed by atoms with E-state index < -0.39 is 10.8 Å². The Kier molecular flexibility index (Phi) is 3.51. The predicted octanol–water partition coefficient (Wildman–Crippen LogP) is 3.93. The van der Waals surface area contributed by atoms with Crippen LogP contribution in [0.3, 0.4) is 0 Å². The van der Waals surface area contributed by atoms with Gasteiger partial charge in [0.1, 0.15) is 5.69 Å². The number of carbonyl (C=O) groups excluding carboxylic acids is 1. The van der Waals surface area contributed by atoms with Crippen molar-refractivity contribution in [1.82, 2.24) is 4.98 Å². The van der Waals surface area contributed by atoms with Crippen molar-refractivity contribution >= 4 is 39.0 Å². The molecule has 1 aromatic heterocycles. The molecule has 7 heteroatoms. The fourth-order valence-corrected chi connectivity index (χ4v) is 3.13. The van der Waals surface area contributed by atoms with E-state index in [-0.39, 0.29) is 17.2 Å². The summed E-state index contributed by atoms with van der Waals surface area (Å²) in [5.41, 5.74) is 1.27. The topological polar surface area (TPSA) is 73.1 Å². The van der Waals surface area contributed by atoms with Gasteiger partial charge in [0.2, 0.25) is 0 Å². The molecular weight excluding hydrogens is 360 g/mol. The molecule has 0 aliphatic heterocycles. The highest BCUT2D eigenvalue weighted by molar-refractivity contribution is 9.10. The maximum Gasteiger partial charge on any atom is 0.292 e. The Morgan fingerprint density at radius 3 is 2.86 bits per heavy atom. The highest BCUT2D eigenvalue weighted by atomic mass is 79.9. The van der Waals surface area contributed by atoms with Crippen LogP contribution in [0.25, 0.3) is 0 Å². The maximum atomic E-state index is 12.5. The summed E-state index contributed by atoms with van der Waals surface area (Å²) in [6.07, 6.45) is 1.80. The molecule has 0 saturated heterocycles. The minimum absolute atomic E-state index is 0.161. The molecule has 0 bridgehead atoms. The molecule has 0 amide bonds. The second-order valence-electron chi connectivity index (χ2n) is 4.70. The van der Waals surface area contributed by atoms with Crippen LogP contribution in [0.4, 0.5) is 5.69 Å². The lowest BCUT2D eigenvalue weighted by Gasteiger charge is -2.08. The lowest BCUT2D eigenvalue weighted by molar-refractivity contribution is -0.386. The third-order valence-corrected chi connectivity index (χ3v) is 4.29. The summed E-state index contributed by atoms with van der Waals surface area (Å²) in [5, 5.41) is 11.7. The van der Waals surface area contributed by atoms with Gasteiger partial charge in [-0.05, 0) is 34.0 Å². The smallest absolute Gasteiger partial charge is 0.292 e. The van der Waals surface area contributed by atoms with E-state index in [9.17, 15) is 14.9 Å². The van der Waals surface area contributed by atoms with E-state index in [1.54, 1.807) is 18.2 Å². The molecule has 1 heterocycles. The third-order valence-electron chi connectivity index (χ3n) is 3.50. The van der Waals surface area contributed by atoms with Crippen molar-refractivity contribution in [2.45, 2.75) is 12.3 Å². The number of ketones is 1. The molecule has 1 aliphatic carbocycles. The lowest BCUT2D eigenvalue weighted by Crippen LogP contribution is -2.11. The second-order valence-corrected chi connectivity index (χ2v) is 6.02. The van der Waals surface area contributed by atoms with Gasteiger partial charge in [-0.15, -0.1) is 0 Å². The Bertz CT molecular complexity index is 779. The van der Waals surface area contributed by atoms with Gasteiger partial charge >= 0.3 is 0 Å². The number of nitro groups is 1. The molecule has 0 saturated carbocycles. The first-order chi connectivity index (χ1) is 9.99. The number of carbonyl (C=O) groups is 1. The number of halogens is 2. The zero-order valence-electron chi connectivity index (χ0n) is 10.5. The maximum absolute atomic E-state index is 12.5. The number of hydrogen-bond acceptors (Lipinski definition) is 4. The van der Waals surface area contributed by atoms with Gasteiger partial charge in [-0.3, -0.25) is 19.9 Å². The first-order valence-corrected chi connectivity index (χ1v) is 7.27. The fraction of sp³-hybridized carbons (Fsp3) is 0.143. The van der Waals surface area contributed by atoms with Crippen LogP contribution in [0, 0.1) is 10.1 Å². The number of pyridine rings is 1. The molecule has 0 spiro atoms. The van der Waals surface area contributed by atoms with Gasteiger partial charge in [0.25, 0.3) is 5.69 Å². The molecule has 106 valence electrons. The van der Waals surface area contributed by atoms with Crippen LogP contribution in [0.5, 0.6) is 0 Å². The van der Waals surface area contributed by atoms with Gasteiger partial charge in [-0.25, -0.2) is 0 Å². The summed E-state index contributed by atoms with van der Waals surface area (Å²) in [5.74, 6) is -0.834. The molecule has 0 radical (unpaired) electrons. The zero-order valence-corrected chi connectivity index (χ0v) is 12.9. The van der Waals surface area contributed by atoms with Crippen LogP contribution in [0.2, 0.25) is 5.02 Å². The highest BCUT2D eigenvalue weighted by Crippen LogP contribution is 2.39. The highest BCUT2D eigenvalue weighted by Gasteiger charge is 2.37. The van der Waals surface area contributed by atoms with Crippen LogP contribution in [-0.4, -0.2) is 15.7 Å². The van der Waals surface area contributed by atoms with Crippen molar-refractivity contribution in [1.29, 1.82) is 0 Å². The zero-order chi connectivity index (χ0) is 15.1. The van der Waals surface area contributed by atoms with Crippen molar-refractivity contribution < 1.29 is 9.72 Å². The summed E-state index contributed by atoms with van der Waals surface area (Å²) < 4.78 is 0.499. The summed E-state index contributed by atoms with van der Waals surface area (Å²) in [6, 6.07) is 6.46. The quantitative estimate of drug-likeness (QED) is 0.595. The van der Waals surface area contributed by atoms with Crippen LogP contribution >= 0.6 is 27.5 Å². The third kappa shape index (κ3) is 2.34. The Morgan fingerprint density at radius 2 is 2.19 bits per heavy atom. The molecule has 2 aromatic rings. The van der Waals surface area contributed by atoms with E-state index >= 15 is 0 Å². The summed E-state index contributed by atoms with van der Waals surface area (Å²) in [4.78, 5) is 27.2. The van der Waals surface area contributed by atoms with Gasteiger partial charge in [0, 0.05) is 27.3 Å². The van der Waals surface area contributed by atoms with Crippen LogP contribution in [-0.2, 0) is 6.42 Å². The minimum atomic E-state index is -0.659. The van der Waals surface area contributed by atoms with E-state index in [4.69, 9.17) is 11.6 Å². The number of Topliss-reactive ketones (excluding diaryl/α,β-unsaturated/α-hetero) is 1. The lowest BCUT2D eigenvalue weighted by atomic mass is 9.99. The normalized spacial score (nSPS) is 16.9. The summed E-state index contributed by atoms with van der Waals surface area (Å²) >= 11 is 9.26. The molecule has 1 unspecified atom stereocenters. The first-order valence-electron chi connectivity index (χ1n) is 6.10. The number of fused-ring (bicyclic) bond motifs is 1. The largest absolute Gasteiger partial charge is 0.293 e. The Morgan fingerprint density at radius 1 is 1.43 bits per heavy atom. The standard InChI is InChI=1S/C14H8BrClN2O3/c15-7-4-12(18(20)21)13(17-6-7)10-5-9-8(14(10)19)2-1-3-11(9)16/h1-4,6,10H,5H2. The van der Waals surface area contributed by atoms with Gasteiger partial charge in [-0.1, -0.05) is 23.7 Å².